The number of ether oxygens (including phenoxy) is 3. The summed E-state index contributed by atoms with van der Waals surface area (Å²) in [6.45, 7) is 0.0781. The van der Waals surface area contributed by atoms with Crippen molar-refractivity contribution in [2.75, 3.05) is 20.8 Å². The van der Waals surface area contributed by atoms with Gasteiger partial charge >= 0.3 is 5.97 Å². The van der Waals surface area contributed by atoms with Crippen LogP contribution in [0.5, 0.6) is 17.2 Å². The second-order valence-corrected chi connectivity index (χ2v) is 8.75. The molecule has 1 aromatic heterocycles. The monoisotopic (exact) mass is 598 g/mol. The number of aromatic nitrogens is 2. The molecule has 0 atom stereocenters. The van der Waals surface area contributed by atoms with Gasteiger partial charge in [-0.25, -0.2) is 4.79 Å². The average Bonchev–Trinajstić information content (AvgIpc) is 3.26. The number of halogens is 2. The van der Waals surface area contributed by atoms with Gasteiger partial charge < -0.3 is 23.7 Å². The molecule has 11 heteroatoms. The van der Waals surface area contributed by atoms with Crippen molar-refractivity contribution in [3.8, 4) is 41.0 Å². The molecule has 0 bridgehead atoms. The first kappa shape index (κ1) is 24.8. The van der Waals surface area contributed by atoms with Gasteiger partial charge in [-0.05, 0) is 76.3 Å². The lowest BCUT2D eigenvalue weighted by Crippen LogP contribution is -2.00. The van der Waals surface area contributed by atoms with Gasteiger partial charge in [0.1, 0.15) is 17.3 Å². The quantitative estimate of drug-likeness (QED) is 0.153. The predicted octanol–water partition coefficient (Wildman–Crippen LogP) is 5.24. The van der Waals surface area contributed by atoms with Crippen LogP contribution < -0.4 is 14.2 Å². The van der Waals surface area contributed by atoms with Gasteiger partial charge in [-0.2, -0.15) is 0 Å². The molecule has 0 aliphatic rings. The van der Waals surface area contributed by atoms with Crippen LogP contribution in [0.3, 0.4) is 0 Å². The third-order valence-corrected chi connectivity index (χ3v) is 5.94. The van der Waals surface area contributed by atoms with E-state index in [0.29, 0.717) is 37.0 Å². The molecule has 0 aliphatic heterocycles. The molecule has 0 amide bonds. The van der Waals surface area contributed by atoms with Crippen LogP contribution in [0, 0.1) is 15.9 Å². The van der Waals surface area contributed by atoms with Gasteiger partial charge in [0.2, 0.25) is 0 Å². The number of terminal acetylenes is 1. The smallest absolute Gasteiger partial charge is 0.342 e. The molecule has 1 heterocycles. The maximum absolute atomic E-state index is 11.9. The van der Waals surface area contributed by atoms with Crippen molar-refractivity contribution >= 4 is 58.0 Å². The van der Waals surface area contributed by atoms with Crippen molar-refractivity contribution < 1.29 is 28.5 Å². The first-order valence-corrected chi connectivity index (χ1v) is 11.4. The summed E-state index contributed by atoms with van der Waals surface area (Å²) in [5.74, 6) is 2.77. The number of hydrogen-bond donors (Lipinski definition) is 1. The zero-order chi connectivity index (χ0) is 24.0. The number of thioether (sulfide) groups is 1. The van der Waals surface area contributed by atoms with Crippen molar-refractivity contribution in [1.29, 1.82) is 0 Å². The number of benzene rings is 2. The molecule has 2 aromatic carbocycles. The highest BCUT2D eigenvalue weighted by atomic mass is 127. The fourth-order valence-electron chi connectivity index (χ4n) is 2.66. The first-order valence-electron chi connectivity index (χ1n) is 9.10. The van der Waals surface area contributed by atoms with Crippen molar-refractivity contribution in [1.82, 2.24) is 10.2 Å². The molecule has 0 radical (unpaired) electrons. The molecule has 0 saturated carbocycles. The summed E-state index contributed by atoms with van der Waals surface area (Å²) in [5.41, 5.74) is 1.07. The molecular formula is C22H16ClIN2O6S. The van der Waals surface area contributed by atoms with E-state index < -0.39 is 5.97 Å². The van der Waals surface area contributed by atoms with E-state index in [1.54, 1.807) is 30.3 Å². The molecular weight excluding hydrogens is 583 g/mol. The molecule has 8 nitrogen and oxygen atoms in total. The van der Waals surface area contributed by atoms with Gasteiger partial charge in [0.05, 0.1) is 23.4 Å². The highest BCUT2D eigenvalue weighted by Gasteiger charge is 2.19. The summed E-state index contributed by atoms with van der Waals surface area (Å²) in [6.07, 6.45) is 6.72. The van der Waals surface area contributed by atoms with Crippen LogP contribution in [-0.4, -0.2) is 42.1 Å². The van der Waals surface area contributed by atoms with E-state index in [2.05, 4.69) is 38.7 Å². The molecule has 3 rings (SSSR count). The fourth-order valence-corrected chi connectivity index (χ4v) is 4.29. The maximum Gasteiger partial charge on any atom is 0.342 e. The van der Waals surface area contributed by atoms with Crippen LogP contribution in [0.25, 0.3) is 17.5 Å². The number of rotatable bonds is 9. The molecule has 0 saturated heterocycles. The molecule has 0 spiro atoms. The minimum atomic E-state index is -1.17. The standard InChI is InChI=1S/C22H16ClIN2O6S/c1-4-7-31-19-15(24)8-12(9-17(19)30-3)10-18(21(27)28)33-22-26-25-20(32-22)14-11-13(23)5-6-16(14)29-2/h1,5-6,8-11H,7H2,2-3H3,(H,27,28)/b18-10-. The number of hydrogen-bond acceptors (Lipinski definition) is 8. The molecule has 3 aromatic rings. The number of aliphatic carboxylic acids is 1. The number of carbonyl (C=O) groups is 1. The second-order valence-electron chi connectivity index (χ2n) is 6.16. The second kappa shape index (κ2) is 11.3. The highest BCUT2D eigenvalue weighted by Crippen LogP contribution is 2.37. The van der Waals surface area contributed by atoms with Crippen LogP contribution in [-0.2, 0) is 4.79 Å². The van der Waals surface area contributed by atoms with E-state index in [1.165, 1.54) is 20.3 Å². The number of nitrogens with zero attached hydrogens (tertiary/aromatic N) is 2. The number of carboxylic acid groups (broad SMARTS) is 1. The lowest BCUT2D eigenvalue weighted by Gasteiger charge is -2.12. The summed E-state index contributed by atoms with van der Waals surface area (Å²) < 4.78 is 22.5. The Morgan fingerprint density at radius 2 is 2.03 bits per heavy atom. The third kappa shape index (κ3) is 6.13. The van der Waals surface area contributed by atoms with E-state index in [0.717, 1.165) is 11.8 Å². The number of carboxylic acids is 1. The Labute approximate surface area is 212 Å². The minimum Gasteiger partial charge on any atom is -0.496 e. The Hall–Kier alpha value is -2.88. The van der Waals surface area contributed by atoms with Crippen molar-refractivity contribution in [3.05, 3.63) is 49.4 Å². The predicted molar refractivity (Wildman–Crippen MR) is 133 cm³/mol. The van der Waals surface area contributed by atoms with Crippen molar-refractivity contribution in [3.63, 3.8) is 0 Å². The van der Waals surface area contributed by atoms with Crippen LogP contribution in [0.15, 0.2) is 44.9 Å². The Morgan fingerprint density at radius 1 is 1.27 bits per heavy atom. The zero-order valence-electron chi connectivity index (χ0n) is 17.3. The largest absolute Gasteiger partial charge is 0.496 e. The van der Waals surface area contributed by atoms with Crippen molar-refractivity contribution in [2.24, 2.45) is 0 Å². The summed E-state index contributed by atoms with van der Waals surface area (Å²) in [5, 5.41) is 18.1. The molecule has 0 fully saturated rings. The van der Waals surface area contributed by atoms with Crippen LogP contribution in [0.1, 0.15) is 5.56 Å². The van der Waals surface area contributed by atoms with E-state index in [-0.39, 0.29) is 22.6 Å². The normalized spacial score (nSPS) is 11.1. The average molecular weight is 599 g/mol. The van der Waals surface area contributed by atoms with Gasteiger partial charge in [0.25, 0.3) is 11.1 Å². The third-order valence-electron chi connectivity index (χ3n) is 4.06. The van der Waals surface area contributed by atoms with Gasteiger partial charge in [0.15, 0.2) is 11.5 Å². The fraction of sp³-hybridized carbons (Fsp3) is 0.136. The van der Waals surface area contributed by atoms with Gasteiger partial charge in [-0.15, -0.1) is 16.6 Å². The molecule has 33 heavy (non-hydrogen) atoms. The van der Waals surface area contributed by atoms with Gasteiger partial charge in [0, 0.05) is 5.02 Å². The van der Waals surface area contributed by atoms with E-state index in [1.807, 2.05) is 0 Å². The summed E-state index contributed by atoms with van der Waals surface area (Å²) in [4.78, 5) is 11.8. The zero-order valence-corrected chi connectivity index (χ0v) is 21.0. The first-order chi connectivity index (χ1) is 15.9. The maximum atomic E-state index is 11.9. The van der Waals surface area contributed by atoms with Crippen LogP contribution in [0.4, 0.5) is 0 Å². The Kier molecular flexibility index (Phi) is 8.49. The Balaban J connectivity index is 1.91. The summed E-state index contributed by atoms with van der Waals surface area (Å²) >= 11 is 8.93. The van der Waals surface area contributed by atoms with E-state index in [9.17, 15) is 9.90 Å². The highest BCUT2D eigenvalue weighted by molar-refractivity contribution is 14.1. The van der Waals surface area contributed by atoms with E-state index >= 15 is 0 Å². The minimum absolute atomic E-state index is 0.0383. The van der Waals surface area contributed by atoms with Crippen molar-refractivity contribution in [2.45, 2.75) is 5.22 Å². The topological polar surface area (TPSA) is 104 Å². The van der Waals surface area contributed by atoms with Gasteiger partial charge in [-0.3, -0.25) is 0 Å². The summed E-state index contributed by atoms with van der Waals surface area (Å²) in [7, 11) is 2.99. The van der Waals surface area contributed by atoms with Gasteiger partial charge in [-0.1, -0.05) is 17.5 Å². The van der Waals surface area contributed by atoms with Crippen LogP contribution in [0.2, 0.25) is 5.02 Å². The molecule has 0 aliphatic carbocycles. The summed E-state index contributed by atoms with van der Waals surface area (Å²) in [6, 6.07) is 8.35. The lowest BCUT2D eigenvalue weighted by molar-refractivity contribution is -0.131. The Morgan fingerprint density at radius 3 is 2.70 bits per heavy atom. The molecule has 0 unspecified atom stereocenters. The number of methoxy groups -OCH3 is 2. The van der Waals surface area contributed by atoms with E-state index in [4.69, 9.17) is 36.7 Å². The Bertz CT molecular complexity index is 1250. The molecule has 170 valence electrons. The molecule has 1 N–H and O–H groups in total. The van der Waals surface area contributed by atoms with Crippen LogP contribution >= 0.6 is 46.0 Å². The SMILES string of the molecule is C#CCOc1c(I)cc(/C=C(\Sc2nnc(-c3cc(Cl)ccc3OC)o2)C(=O)O)cc1OC. The lowest BCUT2D eigenvalue weighted by atomic mass is 10.2.